The van der Waals surface area contributed by atoms with Gasteiger partial charge in [-0.05, 0) is 18.7 Å². The minimum atomic E-state index is -0.310. The molecule has 4 heteroatoms. The van der Waals surface area contributed by atoms with Gasteiger partial charge in [0.15, 0.2) is 0 Å². The third-order valence-corrected chi connectivity index (χ3v) is 3.50. The number of hydrogen-bond acceptors (Lipinski definition) is 2. The predicted octanol–water partition coefficient (Wildman–Crippen LogP) is 3.71. The second kappa shape index (κ2) is 7.15. The standard InChI is InChI=1S/C12H17ClFNS/c1-3-10(8-16-2)15-7-9-5-4-6-11(13)12(9)14/h4-6,10,15H,3,7-8H2,1-2H3. The van der Waals surface area contributed by atoms with Crippen molar-refractivity contribution in [2.75, 3.05) is 12.0 Å². The van der Waals surface area contributed by atoms with Crippen LogP contribution in [-0.2, 0) is 6.54 Å². The summed E-state index contributed by atoms with van der Waals surface area (Å²) < 4.78 is 13.6. The van der Waals surface area contributed by atoms with E-state index in [2.05, 4.69) is 18.5 Å². The maximum atomic E-state index is 13.6. The number of halogens is 2. The lowest BCUT2D eigenvalue weighted by Crippen LogP contribution is -2.30. The fraction of sp³-hybridized carbons (Fsp3) is 0.500. The number of hydrogen-bond donors (Lipinski definition) is 1. The van der Waals surface area contributed by atoms with Crippen LogP contribution in [0.5, 0.6) is 0 Å². The van der Waals surface area contributed by atoms with E-state index in [4.69, 9.17) is 11.6 Å². The highest BCUT2D eigenvalue weighted by atomic mass is 35.5. The van der Waals surface area contributed by atoms with Crippen molar-refractivity contribution < 1.29 is 4.39 Å². The van der Waals surface area contributed by atoms with Gasteiger partial charge in [0.1, 0.15) is 5.82 Å². The van der Waals surface area contributed by atoms with Gasteiger partial charge in [0.25, 0.3) is 0 Å². The van der Waals surface area contributed by atoms with Gasteiger partial charge in [-0.3, -0.25) is 0 Å². The summed E-state index contributed by atoms with van der Waals surface area (Å²) in [7, 11) is 0. The van der Waals surface area contributed by atoms with E-state index in [0.717, 1.165) is 12.2 Å². The number of rotatable bonds is 6. The largest absolute Gasteiger partial charge is 0.309 e. The molecule has 0 spiro atoms. The predicted molar refractivity (Wildman–Crippen MR) is 70.7 cm³/mol. The molecule has 1 atom stereocenters. The van der Waals surface area contributed by atoms with Gasteiger partial charge in [-0.1, -0.05) is 30.7 Å². The van der Waals surface area contributed by atoms with Gasteiger partial charge in [0.2, 0.25) is 0 Å². The summed E-state index contributed by atoms with van der Waals surface area (Å²) in [6.45, 7) is 2.66. The summed E-state index contributed by atoms with van der Waals surface area (Å²) in [5, 5.41) is 3.53. The normalized spacial score (nSPS) is 12.8. The van der Waals surface area contributed by atoms with Crippen molar-refractivity contribution in [1.29, 1.82) is 0 Å². The Bertz CT molecular complexity index is 333. The number of thioether (sulfide) groups is 1. The lowest BCUT2D eigenvalue weighted by Gasteiger charge is -2.16. The maximum Gasteiger partial charge on any atom is 0.146 e. The van der Waals surface area contributed by atoms with Crippen LogP contribution < -0.4 is 5.32 Å². The van der Waals surface area contributed by atoms with E-state index in [0.29, 0.717) is 18.2 Å². The van der Waals surface area contributed by atoms with E-state index in [-0.39, 0.29) is 10.8 Å². The zero-order valence-electron chi connectivity index (χ0n) is 9.59. The molecular weight excluding hydrogens is 245 g/mol. The molecule has 0 aliphatic heterocycles. The number of benzene rings is 1. The molecule has 1 N–H and O–H groups in total. The van der Waals surface area contributed by atoms with Crippen LogP contribution in [0, 0.1) is 5.82 Å². The molecule has 0 bridgehead atoms. The van der Waals surface area contributed by atoms with Crippen molar-refractivity contribution in [2.45, 2.75) is 25.9 Å². The summed E-state index contributed by atoms with van der Waals surface area (Å²) >= 11 is 7.51. The quantitative estimate of drug-likeness (QED) is 0.838. The van der Waals surface area contributed by atoms with Crippen LogP contribution in [0.1, 0.15) is 18.9 Å². The van der Waals surface area contributed by atoms with E-state index >= 15 is 0 Å². The van der Waals surface area contributed by atoms with Gasteiger partial charge in [0.05, 0.1) is 5.02 Å². The second-order valence-electron chi connectivity index (χ2n) is 3.65. The summed E-state index contributed by atoms with van der Waals surface area (Å²) in [5.74, 6) is 0.731. The highest BCUT2D eigenvalue weighted by Crippen LogP contribution is 2.17. The lowest BCUT2D eigenvalue weighted by molar-refractivity contribution is 0.522. The van der Waals surface area contributed by atoms with Gasteiger partial charge in [0, 0.05) is 23.9 Å². The first-order chi connectivity index (χ1) is 7.69. The molecule has 0 aliphatic carbocycles. The maximum absolute atomic E-state index is 13.6. The average molecular weight is 262 g/mol. The van der Waals surface area contributed by atoms with Crippen LogP contribution in [0.25, 0.3) is 0 Å². The third kappa shape index (κ3) is 3.96. The third-order valence-electron chi connectivity index (χ3n) is 2.47. The highest BCUT2D eigenvalue weighted by molar-refractivity contribution is 7.98. The highest BCUT2D eigenvalue weighted by Gasteiger charge is 2.08. The Kier molecular flexibility index (Phi) is 6.17. The fourth-order valence-corrected chi connectivity index (χ4v) is 2.41. The molecular formula is C12H17ClFNS. The molecule has 90 valence electrons. The second-order valence-corrected chi connectivity index (χ2v) is 4.97. The topological polar surface area (TPSA) is 12.0 Å². The summed E-state index contributed by atoms with van der Waals surface area (Å²) in [5.41, 5.74) is 0.632. The van der Waals surface area contributed by atoms with Crippen LogP contribution in [0.15, 0.2) is 18.2 Å². The van der Waals surface area contributed by atoms with Crippen LogP contribution in [0.3, 0.4) is 0 Å². The van der Waals surface area contributed by atoms with E-state index in [1.165, 1.54) is 0 Å². The molecule has 0 saturated carbocycles. The van der Waals surface area contributed by atoms with Crippen LogP contribution >= 0.6 is 23.4 Å². The van der Waals surface area contributed by atoms with Gasteiger partial charge in [-0.25, -0.2) is 4.39 Å². The molecule has 0 fully saturated rings. The van der Waals surface area contributed by atoms with Crippen molar-refractivity contribution in [3.63, 3.8) is 0 Å². The van der Waals surface area contributed by atoms with Gasteiger partial charge in [-0.2, -0.15) is 11.8 Å². The molecule has 1 unspecified atom stereocenters. The molecule has 1 aromatic carbocycles. The first-order valence-corrected chi connectivity index (χ1v) is 7.11. The van der Waals surface area contributed by atoms with Crippen LogP contribution in [0.2, 0.25) is 5.02 Å². The van der Waals surface area contributed by atoms with Gasteiger partial charge in [-0.15, -0.1) is 0 Å². The zero-order chi connectivity index (χ0) is 12.0. The molecule has 0 saturated heterocycles. The molecule has 1 aromatic rings. The monoisotopic (exact) mass is 261 g/mol. The van der Waals surface area contributed by atoms with Crippen LogP contribution in [0.4, 0.5) is 4.39 Å². The van der Waals surface area contributed by atoms with Gasteiger partial charge < -0.3 is 5.32 Å². The minimum Gasteiger partial charge on any atom is -0.309 e. The van der Waals surface area contributed by atoms with Crippen molar-refractivity contribution >= 4 is 23.4 Å². The Labute approximate surface area is 106 Å². The summed E-state index contributed by atoms with van der Waals surface area (Å²) in [6.07, 6.45) is 3.12. The Morgan fingerprint density at radius 2 is 2.25 bits per heavy atom. The molecule has 16 heavy (non-hydrogen) atoms. The van der Waals surface area contributed by atoms with Gasteiger partial charge >= 0.3 is 0 Å². The van der Waals surface area contributed by atoms with Crippen molar-refractivity contribution in [3.05, 3.63) is 34.6 Å². The first-order valence-electron chi connectivity index (χ1n) is 5.34. The SMILES string of the molecule is CCC(CSC)NCc1cccc(Cl)c1F. The Morgan fingerprint density at radius 3 is 2.88 bits per heavy atom. The Morgan fingerprint density at radius 1 is 1.50 bits per heavy atom. The molecule has 1 nitrogen and oxygen atoms in total. The summed E-state index contributed by atoms with van der Waals surface area (Å²) in [4.78, 5) is 0. The van der Waals surface area contributed by atoms with E-state index in [1.54, 1.807) is 30.0 Å². The molecule has 0 aliphatic rings. The molecule has 0 radical (unpaired) electrons. The van der Waals surface area contributed by atoms with Crippen molar-refractivity contribution in [3.8, 4) is 0 Å². The molecule has 1 rings (SSSR count). The van der Waals surface area contributed by atoms with Crippen LogP contribution in [-0.4, -0.2) is 18.1 Å². The van der Waals surface area contributed by atoms with Crippen molar-refractivity contribution in [1.82, 2.24) is 5.32 Å². The van der Waals surface area contributed by atoms with E-state index < -0.39 is 0 Å². The minimum absolute atomic E-state index is 0.192. The van der Waals surface area contributed by atoms with Crippen molar-refractivity contribution in [2.24, 2.45) is 0 Å². The zero-order valence-corrected chi connectivity index (χ0v) is 11.2. The fourth-order valence-electron chi connectivity index (χ4n) is 1.46. The molecule has 0 amide bonds. The van der Waals surface area contributed by atoms with E-state index in [1.807, 2.05) is 0 Å². The smallest absolute Gasteiger partial charge is 0.146 e. The Hall–Kier alpha value is -0.250. The first kappa shape index (κ1) is 13.8. The Balaban J connectivity index is 2.56. The van der Waals surface area contributed by atoms with E-state index in [9.17, 15) is 4.39 Å². The average Bonchev–Trinajstić information content (AvgIpc) is 2.29. The lowest BCUT2D eigenvalue weighted by atomic mass is 10.2. The molecule has 0 heterocycles. The number of nitrogens with one attached hydrogen (secondary N) is 1. The molecule has 0 aromatic heterocycles. The summed E-state index contributed by atoms with van der Waals surface area (Å²) in [6, 6.07) is 5.53.